The smallest absolute Gasteiger partial charge is 0.452 e. The summed E-state index contributed by atoms with van der Waals surface area (Å²) in [5.41, 5.74) is 0.836. The van der Waals surface area contributed by atoms with Gasteiger partial charge in [-0.25, -0.2) is 0 Å². The van der Waals surface area contributed by atoms with Gasteiger partial charge in [-0.1, -0.05) is 49.7 Å². The van der Waals surface area contributed by atoms with Crippen LogP contribution in [0.15, 0.2) is 48.5 Å². The third kappa shape index (κ3) is 8.76. The van der Waals surface area contributed by atoms with Crippen LogP contribution in [-0.2, 0) is 25.6 Å². The summed E-state index contributed by atoms with van der Waals surface area (Å²) in [6.07, 6.45) is -5.22. The van der Waals surface area contributed by atoms with Crippen molar-refractivity contribution in [1.82, 2.24) is 16.0 Å². The van der Waals surface area contributed by atoms with Crippen molar-refractivity contribution in [1.29, 1.82) is 0 Å². The molecule has 3 amide bonds. The number of hydrogen-bond donors (Lipinski definition) is 3. The number of halogens is 4. The van der Waals surface area contributed by atoms with Crippen LogP contribution in [0.4, 0.5) is 13.2 Å². The molecule has 0 aromatic heterocycles. The van der Waals surface area contributed by atoms with Gasteiger partial charge in [0.1, 0.15) is 17.8 Å². The Morgan fingerprint density at radius 1 is 0.921 bits per heavy atom. The normalized spacial score (nSPS) is 13.7. The van der Waals surface area contributed by atoms with Gasteiger partial charge in [0.05, 0.1) is 19.6 Å². The minimum Gasteiger partial charge on any atom is -0.497 e. The molecule has 2 aromatic rings. The Morgan fingerprint density at radius 2 is 1.55 bits per heavy atom. The Balaban J connectivity index is 2.22. The van der Waals surface area contributed by atoms with Gasteiger partial charge in [-0.05, 0) is 48.2 Å². The SMILES string of the molecule is COc1ccc(C(NC(=O)C(C)NC(=O)Cc2cccc(Cl)c2)C(=O)NC(C(=O)C(F)(F)F)C(C)C)cc1. The van der Waals surface area contributed by atoms with E-state index >= 15 is 0 Å². The molecule has 0 spiro atoms. The highest BCUT2D eigenvalue weighted by Crippen LogP contribution is 2.23. The van der Waals surface area contributed by atoms with E-state index in [1.165, 1.54) is 52.1 Å². The maximum atomic E-state index is 13.1. The lowest BCUT2D eigenvalue weighted by atomic mass is 9.97. The van der Waals surface area contributed by atoms with Crippen LogP contribution in [0.2, 0.25) is 5.02 Å². The lowest BCUT2D eigenvalue weighted by Gasteiger charge is -2.26. The molecule has 0 saturated heterocycles. The number of hydrogen-bond acceptors (Lipinski definition) is 5. The van der Waals surface area contributed by atoms with Crippen LogP contribution in [0.25, 0.3) is 0 Å². The predicted molar refractivity (Wildman–Crippen MR) is 134 cm³/mol. The highest BCUT2D eigenvalue weighted by atomic mass is 35.5. The van der Waals surface area contributed by atoms with Crippen molar-refractivity contribution in [3.63, 3.8) is 0 Å². The second kappa shape index (κ2) is 13.3. The number of ketones is 1. The maximum absolute atomic E-state index is 13.1. The molecular weight excluding hydrogens is 527 g/mol. The van der Waals surface area contributed by atoms with Crippen molar-refractivity contribution in [3.8, 4) is 5.75 Å². The fourth-order valence-electron chi connectivity index (χ4n) is 3.50. The van der Waals surface area contributed by atoms with Crippen molar-refractivity contribution in [2.45, 2.75) is 51.5 Å². The highest BCUT2D eigenvalue weighted by molar-refractivity contribution is 6.30. The standard InChI is InChI=1S/C26H29ClF3N3O5/c1-14(2)21(23(35)26(28,29)30)32-25(37)22(17-8-10-19(38-4)11-9-17)33-24(36)15(3)31-20(34)13-16-6-5-7-18(27)12-16/h5-12,14-15,21-22H,13H2,1-4H3,(H,31,34)(H,32,37)(H,33,36). The molecule has 0 aliphatic carbocycles. The molecule has 3 N–H and O–H groups in total. The van der Waals surface area contributed by atoms with E-state index in [-0.39, 0.29) is 12.0 Å². The van der Waals surface area contributed by atoms with E-state index in [1.807, 2.05) is 0 Å². The number of ether oxygens (including phenoxy) is 1. The van der Waals surface area contributed by atoms with E-state index in [0.29, 0.717) is 16.3 Å². The first kappa shape index (κ1) is 30.6. The van der Waals surface area contributed by atoms with Crippen LogP contribution < -0.4 is 20.7 Å². The van der Waals surface area contributed by atoms with Gasteiger partial charge in [-0.2, -0.15) is 13.2 Å². The highest BCUT2D eigenvalue weighted by Gasteiger charge is 2.45. The monoisotopic (exact) mass is 555 g/mol. The third-order valence-corrected chi connectivity index (χ3v) is 5.78. The molecule has 38 heavy (non-hydrogen) atoms. The van der Waals surface area contributed by atoms with Gasteiger partial charge in [-0.15, -0.1) is 0 Å². The van der Waals surface area contributed by atoms with Crippen molar-refractivity contribution < 1.29 is 37.1 Å². The number of nitrogens with one attached hydrogen (secondary N) is 3. The Bertz CT molecular complexity index is 1160. The number of benzene rings is 2. The van der Waals surface area contributed by atoms with E-state index in [9.17, 15) is 32.3 Å². The second-order valence-electron chi connectivity index (χ2n) is 8.90. The second-order valence-corrected chi connectivity index (χ2v) is 9.34. The lowest BCUT2D eigenvalue weighted by Crippen LogP contribution is -2.54. The van der Waals surface area contributed by atoms with E-state index in [0.717, 1.165) is 0 Å². The summed E-state index contributed by atoms with van der Waals surface area (Å²) in [6, 6.07) is 8.06. The predicted octanol–water partition coefficient (Wildman–Crippen LogP) is 3.53. The summed E-state index contributed by atoms with van der Waals surface area (Å²) < 4.78 is 44.4. The van der Waals surface area contributed by atoms with Gasteiger partial charge in [0, 0.05) is 5.02 Å². The number of alkyl halides is 3. The van der Waals surface area contributed by atoms with Crippen LogP contribution in [-0.4, -0.2) is 48.9 Å². The molecule has 8 nitrogen and oxygen atoms in total. The van der Waals surface area contributed by atoms with Crippen molar-refractivity contribution in [3.05, 3.63) is 64.7 Å². The van der Waals surface area contributed by atoms with Crippen LogP contribution >= 0.6 is 11.6 Å². The van der Waals surface area contributed by atoms with Crippen LogP contribution in [0.5, 0.6) is 5.75 Å². The maximum Gasteiger partial charge on any atom is 0.452 e. The van der Waals surface area contributed by atoms with Crippen LogP contribution in [0, 0.1) is 5.92 Å². The number of carbonyl (C=O) groups is 4. The summed E-state index contributed by atoms with van der Waals surface area (Å²) in [5.74, 6) is -4.85. The molecule has 12 heteroatoms. The number of methoxy groups -OCH3 is 1. The minimum atomic E-state index is -5.16. The first-order valence-corrected chi connectivity index (χ1v) is 12.0. The van der Waals surface area contributed by atoms with Crippen LogP contribution in [0.3, 0.4) is 0 Å². The average Bonchev–Trinajstić information content (AvgIpc) is 2.84. The van der Waals surface area contributed by atoms with Gasteiger partial charge in [0.2, 0.25) is 17.7 Å². The number of amides is 3. The molecule has 0 radical (unpaired) electrons. The van der Waals surface area contributed by atoms with Gasteiger partial charge >= 0.3 is 6.18 Å². The van der Waals surface area contributed by atoms with Gasteiger partial charge < -0.3 is 20.7 Å². The van der Waals surface area contributed by atoms with Crippen molar-refractivity contribution in [2.75, 3.05) is 7.11 Å². The summed E-state index contributed by atoms with van der Waals surface area (Å²) >= 11 is 5.92. The molecule has 0 bridgehead atoms. The molecule has 3 unspecified atom stereocenters. The summed E-state index contributed by atoms with van der Waals surface area (Å²) in [5, 5.41) is 7.52. The minimum absolute atomic E-state index is 0.0593. The fourth-order valence-corrected chi connectivity index (χ4v) is 3.72. The van der Waals surface area contributed by atoms with Gasteiger partial charge in [0.15, 0.2) is 0 Å². The Kier molecular flexibility index (Phi) is 10.7. The summed E-state index contributed by atoms with van der Waals surface area (Å²) in [4.78, 5) is 50.4. The zero-order valence-electron chi connectivity index (χ0n) is 21.2. The molecular formula is C26H29ClF3N3O5. The average molecular weight is 556 g/mol. The molecule has 0 fully saturated rings. The van der Waals surface area contributed by atoms with E-state index in [1.54, 1.807) is 24.3 Å². The Labute approximate surface area is 223 Å². The van der Waals surface area contributed by atoms with Crippen molar-refractivity contribution in [2.24, 2.45) is 5.92 Å². The van der Waals surface area contributed by atoms with Gasteiger partial charge in [-0.3, -0.25) is 19.2 Å². The molecule has 3 atom stereocenters. The Hall–Kier alpha value is -3.60. The molecule has 0 heterocycles. The topological polar surface area (TPSA) is 114 Å². The van der Waals surface area contributed by atoms with E-state index in [2.05, 4.69) is 16.0 Å². The van der Waals surface area contributed by atoms with E-state index < -0.39 is 53.7 Å². The zero-order valence-corrected chi connectivity index (χ0v) is 21.9. The lowest BCUT2D eigenvalue weighted by molar-refractivity contribution is -0.175. The number of Topliss-reactive ketones (excluding diaryl/α,β-unsaturated/α-hetero) is 1. The van der Waals surface area contributed by atoms with Crippen molar-refractivity contribution >= 4 is 35.1 Å². The first-order valence-electron chi connectivity index (χ1n) is 11.6. The van der Waals surface area contributed by atoms with E-state index in [4.69, 9.17) is 16.3 Å². The molecule has 0 aliphatic rings. The third-order valence-electron chi connectivity index (χ3n) is 5.55. The zero-order chi connectivity index (χ0) is 28.6. The quantitative estimate of drug-likeness (QED) is 0.393. The first-order chi connectivity index (χ1) is 17.7. The molecule has 2 aromatic carbocycles. The van der Waals surface area contributed by atoms with Crippen LogP contribution in [0.1, 0.15) is 37.9 Å². The summed E-state index contributed by atoms with van der Waals surface area (Å²) in [6.45, 7) is 4.10. The molecule has 0 saturated carbocycles. The number of rotatable bonds is 11. The largest absolute Gasteiger partial charge is 0.497 e. The molecule has 206 valence electrons. The summed E-state index contributed by atoms with van der Waals surface area (Å²) in [7, 11) is 1.42. The molecule has 2 rings (SSSR count). The Morgan fingerprint density at radius 3 is 2.08 bits per heavy atom. The van der Waals surface area contributed by atoms with Gasteiger partial charge in [0.25, 0.3) is 5.78 Å². The fraction of sp³-hybridized carbons (Fsp3) is 0.385. The molecule has 0 aliphatic heterocycles. The number of carbonyl (C=O) groups excluding carboxylic acids is 4.